The Morgan fingerprint density at radius 2 is 1.00 bits per heavy atom. The third-order valence-corrected chi connectivity index (χ3v) is 0. The molecular weight excluding hydrogens is 193 g/mol. The van der Waals surface area contributed by atoms with Crippen molar-refractivity contribution in [1.29, 1.82) is 0 Å². The maximum Gasteiger partial charge on any atom is 0.316 e. The van der Waals surface area contributed by atoms with Crippen LogP contribution in [0.2, 0.25) is 0 Å². The van der Waals surface area contributed by atoms with Crippen molar-refractivity contribution < 1.29 is 33.8 Å². The van der Waals surface area contributed by atoms with Gasteiger partial charge in [0.25, 0.3) is 0 Å². The summed E-state index contributed by atoms with van der Waals surface area (Å²) in [5.74, 6) is 0. The van der Waals surface area contributed by atoms with Gasteiger partial charge in [0.15, 0.2) is 17.4 Å². The Balaban J connectivity index is 0. The molecule has 0 rings (SSSR count). The van der Waals surface area contributed by atoms with Gasteiger partial charge in [-0.2, -0.15) is 0 Å². The molecule has 0 saturated carbocycles. The van der Waals surface area contributed by atoms with Gasteiger partial charge in [0.1, 0.15) is 0 Å². The molecule has 0 heterocycles. The van der Waals surface area contributed by atoms with Crippen LogP contribution in [0.3, 0.4) is 0 Å². The summed E-state index contributed by atoms with van der Waals surface area (Å²) in [6.07, 6.45) is 0. The molecule has 0 spiro atoms. The van der Waals surface area contributed by atoms with E-state index in [1.807, 2.05) is 0 Å². The molecule has 0 aliphatic heterocycles. The summed E-state index contributed by atoms with van der Waals surface area (Å²) in [6, 6.07) is 0. The molecule has 0 aromatic rings. The molecule has 0 unspecified atom stereocenters. The third kappa shape index (κ3) is 20.9. The van der Waals surface area contributed by atoms with Gasteiger partial charge in [0, 0.05) is 33.8 Å². The van der Waals surface area contributed by atoms with E-state index in [1.54, 1.807) is 0 Å². The van der Waals surface area contributed by atoms with Crippen LogP contribution in [0.4, 0.5) is 0 Å². The summed E-state index contributed by atoms with van der Waals surface area (Å²) in [4.78, 5) is 0. The van der Waals surface area contributed by atoms with Crippen LogP contribution >= 0.6 is 0 Å². The Morgan fingerprint density at radius 1 is 1.00 bits per heavy atom. The molecule has 0 aromatic heterocycles. The predicted molar refractivity (Wildman–Crippen MR) is 29.8 cm³/mol. The standard InChI is InChI=1S/Al.Co.Mg.Mn.H4Si.5H/h;;;;1H4;;;;;. The van der Waals surface area contributed by atoms with Crippen molar-refractivity contribution in [2.75, 3.05) is 0 Å². The molecule has 0 fully saturated rings. The predicted octanol–water partition coefficient (Wildman–Crippen LogP) is -3.56. The molecule has 0 aliphatic carbocycles. The molecule has 34 valence electrons. The first-order valence-corrected chi connectivity index (χ1v) is 0. The van der Waals surface area contributed by atoms with Crippen LogP contribution in [0.5, 0.6) is 0 Å². The van der Waals surface area contributed by atoms with Crippen molar-refractivity contribution in [3.05, 3.63) is 0 Å². The summed E-state index contributed by atoms with van der Waals surface area (Å²) in [5.41, 5.74) is 0. The minimum absolute atomic E-state index is 0. The van der Waals surface area contributed by atoms with E-state index in [0.29, 0.717) is 0 Å². The van der Waals surface area contributed by atoms with Gasteiger partial charge in [-0.15, -0.1) is 0 Å². The van der Waals surface area contributed by atoms with Crippen LogP contribution < -0.4 is 0 Å². The average Bonchev–Trinajstić information content (AvgIpc) is 0. The molecule has 5 heteroatoms. The maximum atomic E-state index is 0. The van der Waals surface area contributed by atoms with Crippen molar-refractivity contribution in [1.82, 2.24) is 0 Å². The van der Waals surface area contributed by atoms with E-state index in [2.05, 4.69) is 0 Å². The fraction of sp³-hybridized carbons (Fsp3) is 0. The molecular formula is H9AlCoMgMnSi. The Hall–Kier alpha value is 2.54. The molecule has 2 radical (unpaired) electrons. The van der Waals surface area contributed by atoms with Crippen molar-refractivity contribution in [3.8, 4) is 0 Å². The van der Waals surface area contributed by atoms with Gasteiger partial charge in [-0.3, -0.25) is 0 Å². The molecule has 0 nitrogen and oxygen atoms in total. The Bertz CT molecular complexity index is 11.6. The van der Waals surface area contributed by atoms with Crippen LogP contribution in [-0.4, -0.2) is 51.4 Å². The molecule has 0 saturated heterocycles. The number of rotatable bonds is 0. The van der Waals surface area contributed by atoms with Crippen molar-refractivity contribution in [3.63, 3.8) is 0 Å². The first-order valence-electron chi connectivity index (χ1n) is 0. The Morgan fingerprint density at radius 3 is 1.00 bits per heavy atom. The first kappa shape index (κ1) is 50.0. The molecule has 0 amide bonds. The quantitative estimate of drug-likeness (QED) is 0.357. The van der Waals surface area contributed by atoms with E-state index in [-0.39, 0.29) is 85.2 Å². The third-order valence-electron chi connectivity index (χ3n) is 0. The second-order valence-electron chi connectivity index (χ2n) is 0. The minimum atomic E-state index is 0. The number of hydrogen-bond donors (Lipinski definition) is 0. The van der Waals surface area contributed by atoms with E-state index < -0.39 is 0 Å². The minimum Gasteiger partial charge on any atom is -0.0149 e. The molecule has 0 aromatic carbocycles. The van der Waals surface area contributed by atoms with Crippen LogP contribution in [0.15, 0.2) is 0 Å². The van der Waals surface area contributed by atoms with Gasteiger partial charge >= 0.3 is 23.1 Å². The smallest absolute Gasteiger partial charge is 0.0149 e. The van der Waals surface area contributed by atoms with Gasteiger partial charge in [0.05, 0.1) is 0 Å². The SMILES string of the molecule is [AlH3].[Co].[MgH2].[Mn].[SiH4]. The number of hydrogen-bond acceptors (Lipinski definition) is 0. The summed E-state index contributed by atoms with van der Waals surface area (Å²) in [6.45, 7) is 0. The molecule has 0 atom stereocenters. The Kier molecular flexibility index (Phi) is 311. The molecule has 5 heavy (non-hydrogen) atoms. The van der Waals surface area contributed by atoms with E-state index >= 15 is 0 Å². The topological polar surface area (TPSA) is 0 Å². The maximum absolute atomic E-state index is 0. The molecule has 0 bridgehead atoms. The van der Waals surface area contributed by atoms with E-state index in [1.165, 1.54) is 0 Å². The van der Waals surface area contributed by atoms with E-state index in [0.717, 1.165) is 0 Å². The van der Waals surface area contributed by atoms with Crippen LogP contribution in [0.1, 0.15) is 0 Å². The zero-order chi connectivity index (χ0) is 0. The van der Waals surface area contributed by atoms with Gasteiger partial charge < -0.3 is 0 Å². The Labute approximate surface area is 84.2 Å². The summed E-state index contributed by atoms with van der Waals surface area (Å²) >= 11 is 0. The monoisotopic (exact) mass is 202 g/mol. The zero-order valence-electron chi connectivity index (χ0n) is 0.711. The normalized spacial score (nSPS) is 0. The summed E-state index contributed by atoms with van der Waals surface area (Å²) in [7, 11) is 0. The van der Waals surface area contributed by atoms with E-state index in [9.17, 15) is 0 Å². The average molecular weight is 202 g/mol. The zero-order valence-corrected chi connectivity index (χ0v) is 2.93. The van der Waals surface area contributed by atoms with Gasteiger partial charge in [-0.1, -0.05) is 0 Å². The second kappa shape index (κ2) is 31.1. The van der Waals surface area contributed by atoms with Crippen LogP contribution in [0.25, 0.3) is 0 Å². The van der Waals surface area contributed by atoms with E-state index in [4.69, 9.17) is 0 Å². The van der Waals surface area contributed by atoms with Gasteiger partial charge in [0.2, 0.25) is 0 Å². The van der Waals surface area contributed by atoms with Gasteiger partial charge in [-0.25, -0.2) is 0 Å². The largest absolute Gasteiger partial charge is 0.316 e. The first-order chi connectivity index (χ1) is 0. The van der Waals surface area contributed by atoms with Gasteiger partial charge in [-0.05, 0) is 11.0 Å². The summed E-state index contributed by atoms with van der Waals surface area (Å²) < 4.78 is 0. The fourth-order valence-electron chi connectivity index (χ4n) is 0. The van der Waals surface area contributed by atoms with Crippen LogP contribution in [-0.2, 0) is 33.8 Å². The van der Waals surface area contributed by atoms with Crippen molar-refractivity contribution in [2.45, 2.75) is 0 Å². The molecule has 0 aliphatic rings. The van der Waals surface area contributed by atoms with Crippen molar-refractivity contribution in [2.24, 2.45) is 0 Å². The fourth-order valence-corrected chi connectivity index (χ4v) is 0. The second-order valence-corrected chi connectivity index (χ2v) is 0. The van der Waals surface area contributed by atoms with Crippen molar-refractivity contribution >= 4 is 51.4 Å². The molecule has 0 N–H and O–H groups in total. The van der Waals surface area contributed by atoms with Crippen LogP contribution in [0, 0.1) is 0 Å². The summed E-state index contributed by atoms with van der Waals surface area (Å²) in [5, 5.41) is 0.